The lowest BCUT2D eigenvalue weighted by Crippen LogP contribution is -2.34. The molecule has 0 bridgehead atoms. The van der Waals surface area contributed by atoms with Crippen molar-refractivity contribution in [2.45, 2.75) is 32.4 Å². The van der Waals surface area contributed by atoms with Gasteiger partial charge in [0.25, 0.3) is 0 Å². The van der Waals surface area contributed by atoms with E-state index in [-0.39, 0.29) is 0 Å². The van der Waals surface area contributed by atoms with Crippen LogP contribution in [-0.2, 0) is 0 Å². The van der Waals surface area contributed by atoms with Crippen molar-refractivity contribution in [2.24, 2.45) is 0 Å². The molecule has 0 fully saturated rings. The molecule has 1 aromatic rings. The third kappa shape index (κ3) is 6.04. The van der Waals surface area contributed by atoms with Gasteiger partial charge in [0.15, 0.2) is 0 Å². The zero-order valence-electron chi connectivity index (χ0n) is 13.0. The van der Waals surface area contributed by atoms with Crippen LogP contribution < -0.4 is 5.32 Å². The molecule has 0 aliphatic rings. The average Bonchev–Trinajstić information content (AvgIpc) is 2.44. The first-order valence-corrected chi connectivity index (χ1v) is 9.03. The van der Waals surface area contributed by atoms with Crippen molar-refractivity contribution >= 4 is 23.4 Å². The fourth-order valence-corrected chi connectivity index (χ4v) is 3.11. The summed E-state index contributed by atoms with van der Waals surface area (Å²) in [6, 6.07) is 9.23. The Morgan fingerprint density at radius 2 is 1.95 bits per heavy atom. The van der Waals surface area contributed by atoms with Crippen LogP contribution in [0.2, 0.25) is 5.02 Å². The fourth-order valence-electron chi connectivity index (χ4n) is 2.25. The number of hydrogen-bond acceptors (Lipinski definition) is 3. The second-order valence-electron chi connectivity index (χ2n) is 5.24. The highest BCUT2D eigenvalue weighted by atomic mass is 35.5. The molecule has 2 unspecified atom stereocenters. The van der Waals surface area contributed by atoms with Gasteiger partial charge in [0.05, 0.1) is 0 Å². The van der Waals surface area contributed by atoms with Gasteiger partial charge in [0, 0.05) is 22.9 Å². The summed E-state index contributed by atoms with van der Waals surface area (Å²) in [6.45, 7) is 6.53. The third-order valence-electron chi connectivity index (χ3n) is 3.65. The van der Waals surface area contributed by atoms with Gasteiger partial charge in [-0.1, -0.05) is 30.7 Å². The minimum Gasteiger partial charge on any atom is -0.310 e. The first-order chi connectivity index (χ1) is 9.58. The SMILES string of the molecule is CCNC(CCN(C)C(C)CSC)c1ccc(Cl)cc1. The van der Waals surface area contributed by atoms with E-state index >= 15 is 0 Å². The number of thioether (sulfide) groups is 1. The summed E-state index contributed by atoms with van der Waals surface area (Å²) in [5.41, 5.74) is 1.32. The van der Waals surface area contributed by atoms with Gasteiger partial charge in [-0.2, -0.15) is 11.8 Å². The second-order valence-corrected chi connectivity index (χ2v) is 6.58. The molecule has 1 rings (SSSR count). The molecule has 0 amide bonds. The minimum absolute atomic E-state index is 0.404. The Hall–Kier alpha value is -0.220. The van der Waals surface area contributed by atoms with Crippen LogP contribution in [0.4, 0.5) is 0 Å². The molecule has 0 aliphatic carbocycles. The number of nitrogens with zero attached hydrogens (tertiary/aromatic N) is 1. The molecule has 4 heteroatoms. The number of benzene rings is 1. The van der Waals surface area contributed by atoms with E-state index in [9.17, 15) is 0 Å². The zero-order valence-corrected chi connectivity index (χ0v) is 14.6. The maximum atomic E-state index is 5.97. The Morgan fingerprint density at radius 1 is 1.30 bits per heavy atom. The van der Waals surface area contributed by atoms with Crippen molar-refractivity contribution in [1.29, 1.82) is 0 Å². The summed E-state index contributed by atoms with van der Waals surface area (Å²) in [5.74, 6) is 1.18. The van der Waals surface area contributed by atoms with Gasteiger partial charge in [-0.15, -0.1) is 0 Å². The molecule has 0 spiro atoms. The Bertz CT molecular complexity index is 369. The number of nitrogens with one attached hydrogen (secondary N) is 1. The largest absolute Gasteiger partial charge is 0.310 e. The lowest BCUT2D eigenvalue weighted by atomic mass is 10.0. The van der Waals surface area contributed by atoms with E-state index in [2.05, 4.69) is 49.5 Å². The van der Waals surface area contributed by atoms with Crippen LogP contribution in [0.5, 0.6) is 0 Å². The predicted octanol–water partition coefficient (Wildman–Crippen LogP) is 4.06. The van der Waals surface area contributed by atoms with Crippen molar-refractivity contribution in [2.75, 3.05) is 32.1 Å². The van der Waals surface area contributed by atoms with Gasteiger partial charge in [-0.3, -0.25) is 0 Å². The Labute approximate surface area is 133 Å². The van der Waals surface area contributed by atoms with E-state index in [0.717, 1.165) is 24.5 Å². The van der Waals surface area contributed by atoms with E-state index in [0.29, 0.717) is 12.1 Å². The summed E-state index contributed by atoms with van der Waals surface area (Å²) >= 11 is 7.87. The molecule has 114 valence electrons. The zero-order chi connectivity index (χ0) is 15.0. The van der Waals surface area contributed by atoms with Gasteiger partial charge in [-0.25, -0.2) is 0 Å². The van der Waals surface area contributed by atoms with Gasteiger partial charge >= 0.3 is 0 Å². The van der Waals surface area contributed by atoms with E-state index in [1.165, 1.54) is 11.3 Å². The second kappa shape index (κ2) is 9.67. The molecule has 1 aromatic carbocycles. The maximum absolute atomic E-state index is 5.97. The fraction of sp³-hybridized carbons (Fsp3) is 0.625. The van der Waals surface area contributed by atoms with Crippen LogP contribution in [0, 0.1) is 0 Å². The number of rotatable bonds is 9. The average molecular weight is 315 g/mol. The molecule has 1 N–H and O–H groups in total. The smallest absolute Gasteiger partial charge is 0.0406 e. The molecule has 0 aromatic heterocycles. The normalized spacial score (nSPS) is 14.5. The highest BCUT2D eigenvalue weighted by Crippen LogP contribution is 2.20. The van der Waals surface area contributed by atoms with E-state index in [4.69, 9.17) is 11.6 Å². The number of halogens is 1. The van der Waals surface area contributed by atoms with Crippen molar-refractivity contribution in [3.8, 4) is 0 Å². The van der Waals surface area contributed by atoms with Crippen LogP contribution in [-0.4, -0.2) is 43.1 Å². The van der Waals surface area contributed by atoms with Gasteiger partial charge in [0.1, 0.15) is 0 Å². The van der Waals surface area contributed by atoms with Crippen LogP contribution in [0.15, 0.2) is 24.3 Å². The molecule has 0 saturated heterocycles. The van der Waals surface area contributed by atoms with Gasteiger partial charge in [-0.05, 0) is 57.4 Å². The minimum atomic E-state index is 0.404. The Morgan fingerprint density at radius 3 is 2.50 bits per heavy atom. The summed E-state index contributed by atoms with van der Waals surface area (Å²) in [4.78, 5) is 2.44. The van der Waals surface area contributed by atoms with Crippen LogP contribution in [0.25, 0.3) is 0 Å². The molecular formula is C16H27ClN2S. The monoisotopic (exact) mass is 314 g/mol. The van der Waals surface area contributed by atoms with Gasteiger partial charge in [0.2, 0.25) is 0 Å². The van der Waals surface area contributed by atoms with Crippen molar-refractivity contribution in [3.63, 3.8) is 0 Å². The molecule has 2 atom stereocenters. The lowest BCUT2D eigenvalue weighted by molar-refractivity contribution is 0.260. The quantitative estimate of drug-likeness (QED) is 0.740. The standard InChI is InChI=1S/C16H27ClN2S/c1-5-18-16(14-6-8-15(17)9-7-14)10-11-19(3)13(2)12-20-4/h6-9,13,16,18H,5,10-12H2,1-4H3. The first kappa shape index (κ1) is 17.8. The van der Waals surface area contributed by atoms with Crippen molar-refractivity contribution in [1.82, 2.24) is 10.2 Å². The van der Waals surface area contributed by atoms with E-state index < -0.39 is 0 Å². The molecule has 0 radical (unpaired) electrons. The molecule has 0 aliphatic heterocycles. The van der Waals surface area contributed by atoms with Crippen molar-refractivity contribution < 1.29 is 0 Å². The van der Waals surface area contributed by atoms with Crippen molar-refractivity contribution in [3.05, 3.63) is 34.9 Å². The summed E-state index contributed by atoms with van der Waals surface area (Å²) in [6.07, 6.45) is 3.28. The Balaban J connectivity index is 2.57. The first-order valence-electron chi connectivity index (χ1n) is 7.26. The van der Waals surface area contributed by atoms with Crippen LogP contribution in [0.1, 0.15) is 31.9 Å². The van der Waals surface area contributed by atoms with Crippen LogP contribution in [0.3, 0.4) is 0 Å². The van der Waals surface area contributed by atoms with Crippen LogP contribution >= 0.6 is 23.4 Å². The topological polar surface area (TPSA) is 15.3 Å². The van der Waals surface area contributed by atoms with Gasteiger partial charge < -0.3 is 10.2 Å². The summed E-state index contributed by atoms with van der Waals surface area (Å²) < 4.78 is 0. The number of hydrogen-bond donors (Lipinski definition) is 1. The molecular weight excluding hydrogens is 288 g/mol. The molecule has 0 heterocycles. The highest BCUT2D eigenvalue weighted by Gasteiger charge is 2.14. The van der Waals surface area contributed by atoms with E-state index in [1.54, 1.807) is 0 Å². The molecule has 2 nitrogen and oxygen atoms in total. The predicted molar refractivity (Wildman–Crippen MR) is 93.0 cm³/mol. The molecule has 20 heavy (non-hydrogen) atoms. The third-order valence-corrected chi connectivity index (χ3v) is 4.72. The summed E-state index contributed by atoms with van der Waals surface area (Å²) in [5, 5.41) is 4.37. The Kier molecular flexibility index (Phi) is 8.62. The maximum Gasteiger partial charge on any atom is 0.0406 e. The summed E-state index contributed by atoms with van der Waals surface area (Å²) in [7, 11) is 2.21. The van der Waals surface area contributed by atoms with E-state index in [1.807, 2.05) is 23.9 Å². The molecule has 0 saturated carbocycles. The highest BCUT2D eigenvalue weighted by molar-refractivity contribution is 7.98. The lowest BCUT2D eigenvalue weighted by Gasteiger charge is -2.27.